The number of carbonyl (C=O) groups excluding carboxylic acids is 3. The summed E-state index contributed by atoms with van der Waals surface area (Å²) < 4.78 is 11.7. The Kier molecular flexibility index (Phi) is 7.94. The molecular weight excluding hydrogens is 492 g/mol. The lowest BCUT2D eigenvalue weighted by molar-refractivity contribution is -0.122. The summed E-state index contributed by atoms with van der Waals surface area (Å²) in [5.74, 6) is -0.781. The standard InChI is InChI=1S/C29H27ClN2O5/c1-4-19-10-12-22(13-11-19)32-28(34)23(27(33)31-29(32)35)14-21-15-24(30)26(25(16-21)36-5-2)37-17-20-8-6-18(3)7-9-20/h6-16H,4-5,17H2,1-3H3,(H,31,33,35)/b23-14-. The Morgan fingerprint density at radius 2 is 1.59 bits per heavy atom. The Morgan fingerprint density at radius 3 is 2.24 bits per heavy atom. The molecule has 4 rings (SSSR count). The van der Waals surface area contributed by atoms with E-state index in [0.29, 0.717) is 29.4 Å². The van der Waals surface area contributed by atoms with Gasteiger partial charge in [-0.25, -0.2) is 9.69 Å². The van der Waals surface area contributed by atoms with Crippen molar-refractivity contribution < 1.29 is 23.9 Å². The van der Waals surface area contributed by atoms with Gasteiger partial charge in [0.1, 0.15) is 12.2 Å². The van der Waals surface area contributed by atoms with Crippen LogP contribution in [0.1, 0.15) is 36.1 Å². The quantitative estimate of drug-likeness (QED) is 0.298. The van der Waals surface area contributed by atoms with Gasteiger partial charge in [-0.3, -0.25) is 14.9 Å². The van der Waals surface area contributed by atoms with Crippen LogP contribution in [0, 0.1) is 6.92 Å². The van der Waals surface area contributed by atoms with Crippen molar-refractivity contribution >= 4 is 41.2 Å². The fourth-order valence-corrected chi connectivity index (χ4v) is 4.13. The maximum Gasteiger partial charge on any atom is 0.335 e. The number of amides is 4. The Labute approximate surface area is 220 Å². The molecule has 0 saturated carbocycles. The van der Waals surface area contributed by atoms with Gasteiger partial charge < -0.3 is 9.47 Å². The van der Waals surface area contributed by atoms with E-state index in [4.69, 9.17) is 21.1 Å². The molecule has 0 spiro atoms. The molecule has 1 aliphatic heterocycles. The van der Waals surface area contributed by atoms with Gasteiger partial charge in [0, 0.05) is 0 Å². The minimum atomic E-state index is -0.802. The number of benzene rings is 3. The molecule has 0 bridgehead atoms. The summed E-state index contributed by atoms with van der Waals surface area (Å²) in [7, 11) is 0. The summed E-state index contributed by atoms with van der Waals surface area (Å²) in [5.41, 5.74) is 3.79. The monoisotopic (exact) mass is 518 g/mol. The van der Waals surface area contributed by atoms with Crippen molar-refractivity contribution in [2.45, 2.75) is 33.8 Å². The van der Waals surface area contributed by atoms with Crippen molar-refractivity contribution in [3.63, 3.8) is 0 Å². The minimum Gasteiger partial charge on any atom is -0.490 e. The largest absolute Gasteiger partial charge is 0.490 e. The van der Waals surface area contributed by atoms with Gasteiger partial charge in [0.25, 0.3) is 11.8 Å². The van der Waals surface area contributed by atoms with Gasteiger partial charge in [0.05, 0.1) is 17.3 Å². The highest BCUT2D eigenvalue weighted by Crippen LogP contribution is 2.38. The molecule has 0 unspecified atom stereocenters. The molecule has 1 heterocycles. The summed E-state index contributed by atoms with van der Waals surface area (Å²) >= 11 is 6.54. The van der Waals surface area contributed by atoms with Crippen LogP contribution in [-0.2, 0) is 22.6 Å². The predicted octanol–water partition coefficient (Wildman–Crippen LogP) is 5.85. The number of barbiturate groups is 1. The molecule has 1 saturated heterocycles. The number of hydrogen-bond acceptors (Lipinski definition) is 5. The van der Waals surface area contributed by atoms with Crippen LogP contribution in [0.25, 0.3) is 6.08 Å². The van der Waals surface area contributed by atoms with Gasteiger partial charge >= 0.3 is 6.03 Å². The normalized spacial score (nSPS) is 14.6. The molecule has 8 heteroatoms. The van der Waals surface area contributed by atoms with Crippen LogP contribution in [0.5, 0.6) is 11.5 Å². The highest BCUT2D eigenvalue weighted by Gasteiger charge is 2.36. The van der Waals surface area contributed by atoms with E-state index in [1.54, 1.807) is 24.3 Å². The molecule has 3 aromatic carbocycles. The second kappa shape index (κ2) is 11.3. The first-order valence-corrected chi connectivity index (χ1v) is 12.3. The van der Waals surface area contributed by atoms with E-state index < -0.39 is 17.8 Å². The third-order valence-corrected chi connectivity index (χ3v) is 6.13. The second-order valence-electron chi connectivity index (χ2n) is 8.52. The summed E-state index contributed by atoms with van der Waals surface area (Å²) in [4.78, 5) is 39.3. The number of nitrogens with zero attached hydrogens (tertiary/aromatic N) is 1. The number of aryl methyl sites for hydroxylation is 2. The van der Waals surface area contributed by atoms with E-state index in [1.807, 2.05) is 57.2 Å². The second-order valence-corrected chi connectivity index (χ2v) is 8.92. The third-order valence-electron chi connectivity index (χ3n) is 5.85. The number of urea groups is 1. The SMILES string of the molecule is CCOc1cc(/C=C2/C(=O)NC(=O)N(c3ccc(CC)cc3)C2=O)cc(Cl)c1OCc1ccc(C)cc1. The number of nitrogens with one attached hydrogen (secondary N) is 1. The zero-order valence-corrected chi connectivity index (χ0v) is 21.6. The lowest BCUT2D eigenvalue weighted by atomic mass is 10.1. The van der Waals surface area contributed by atoms with Crippen LogP contribution in [0.2, 0.25) is 5.02 Å². The van der Waals surface area contributed by atoms with Crippen molar-refractivity contribution in [3.8, 4) is 11.5 Å². The predicted molar refractivity (Wildman–Crippen MR) is 143 cm³/mol. The lowest BCUT2D eigenvalue weighted by Crippen LogP contribution is -2.54. The third kappa shape index (κ3) is 5.84. The maximum absolute atomic E-state index is 13.2. The number of hydrogen-bond donors (Lipinski definition) is 1. The van der Waals surface area contributed by atoms with Gasteiger partial charge in [0.15, 0.2) is 11.5 Å². The molecule has 1 N–H and O–H groups in total. The Balaban J connectivity index is 1.64. The molecular formula is C29H27ClN2O5. The van der Waals surface area contributed by atoms with Crippen LogP contribution >= 0.6 is 11.6 Å². The smallest absolute Gasteiger partial charge is 0.335 e. The number of imide groups is 2. The molecule has 3 aromatic rings. The van der Waals surface area contributed by atoms with Crippen molar-refractivity contribution in [1.82, 2.24) is 5.32 Å². The van der Waals surface area contributed by atoms with Crippen molar-refractivity contribution in [1.29, 1.82) is 0 Å². The van der Waals surface area contributed by atoms with E-state index in [9.17, 15) is 14.4 Å². The summed E-state index contributed by atoms with van der Waals surface area (Å²) in [5, 5.41) is 2.50. The van der Waals surface area contributed by atoms with E-state index in [-0.39, 0.29) is 17.2 Å². The number of anilines is 1. The van der Waals surface area contributed by atoms with Crippen LogP contribution < -0.4 is 19.7 Å². The zero-order valence-electron chi connectivity index (χ0n) is 20.8. The Bertz CT molecular complexity index is 1360. The summed E-state index contributed by atoms with van der Waals surface area (Å²) in [6.07, 6.45) is 2.20. The first-order valence-electron chi connectivity index (χ1n) is 12.0. The van der Waals surface area contributed by atoms with E-state index in [2.05, 4.69) is 5.32 Å². The topological polar surface area (TPSA) is 84.9 Å². The van der Waals surface area contributed by atoms with Gasteiger partial charge in [-0.15, -0.1) is 0 Å². The van der Waals surface area contributed by atoms with Gasteiger partial charge in [-0.05, 0) is 67.3 Å². The van der Waals surface area contributed by atoms with Crippen molar-refractivity contribution in [3.05, 3.63) is 93.5 Å². The summed E-state index contributed by atoms with van der Waals surface area (Å²) in [6.45, 7) is 6.49. The minimum absolute atomic E-state index is 0.203. The van der Waals surface area contributed by atoms with Gasteiger partial charge in [-0.1, -0.05) is 60.5 Å². The first-order chi connectivity index (χ1) is 17.8. The Morgan fingerprint density at radius 1 is 0.919 bits per heavy atom. The van der Waals surface area contributed by atoms with Crippen LogP contribution in [0.3, 0.4) is 0 Å². The van der Waals surface area contributed by atoms with Gasteiger partial charge in [-0.2, -0.15) is 0 Å². The van der Waals surface area contributed by atoms with Crippen LogP contribution in [0.4, 0.5) is 10.5 Å². The average Bonchev–Trinajstić information content (AvgIpc) is 2.87. The fourth-order valence-electron chi connectivity index (χ4n) is 3.85. The number of ether oxygens (including phenoxy) is 2. The number of carbonyl (C=O) groups is 3. The van der Waals surface area contributed by atoms with Crippen molar-refractivity contribution in [2.75, 3.05) is 11.5 Å². The zero-order chi connectivity index (χ0) is 26.5. The number of halogens is 1. The molecule has 0 aromatic heterocycles. The molecule has 0 radical (unpaired) electrons. The Hall–Kier alpha value is -4.10. The first kappa shape index (κ1) is 26.0. The molecule has 37 heavy (non-hydrogen) atoms. The molecule has 7 nitrogen and oxygen atoms in total. The maximum atomic E-state index is 13.2. The van der Waals surface area contributed by atoms with E-state index >= 15 is 0 Å². The van der Waals surface area contributed by atoms with E-state index in [1.165, 1.54) is 6.08 Å². The fraction of sp³-hybridized carbons (Fsp3) is 0.207. The average molecular weight is 519 g/mol. The lowest BCUT2D eigenvalue weighted by Gasteiger charge is -2.26. The number of rotatable bonds is 8. The summed E-state index contributed by atoms with van der Waals surface area (Å²) in [6, 6.07) is 17.4. The molecule has 190 valence electrons. The van der Waals surface area contributed by atoms with E-state index in [0.717, 1.165) is 28.0 Å². The molecule has 0 atom stereocenters. The van der Waals surface area contributed by atoms with Crippen LogP contribution in [0.15, 0.2) is 66.2 Å². The molecule has 4 amide bonds. The molecule has 1 fully saturated rings. The molecule has 0 aliphatic carbocycles. The highest BCUT2D eigenvalue weighted by molar-refractivity contribution is 6.39. The van der Waals surface area contributed by atoms with Gasteiger partial charge in [0.2, 0.25) is 0 Å². The molecule has 1 aliphatic rings. The van der Waals surface area contributed by atoms with Crippen LogP contribution in [-0.4, -0.2) is 24.5 Å². The highest BCUT2D eigenvalue weighted by atomic mass is 35.5. The van der Waals surface area contributed by atoms with Crippen molar-refractivity contribution in [2.24, 2.45) is 0 Å².